The van der Waals surface area contributed by atoms with Crippen LogP contribution < -0.4 is 19.5 Å². The van der Waals surface area contributed by atoms with E-state index in [0.29, 0.717) is 30.1 Å². The number of carbonyl (C=O) groups excluding carboxylic acids is 1. The van der Waals surface area contributed by atoms with Crippen molar-refractivity contribution in [3.05, 3.63) is 82.7 Å². The Balaban J connectivity index is 1.45. The molecule has 2 N–H and O–H groups in total. The number of anilines is 1. The van der Waals surface area contributed by atoms with Gasteiger partial charge in [-0.05, 0) is 73.2 Å². The molecule has 2 heterocycles. The summed E-state index contributed by atoms with van der Waals surface area (Å²) in [5, 5.41) is 13.7. The number of halogens is 1. The molecular weight excluding hydrogens is 579 g/mol. The van der Waals surface area contributed by atoms with E-state index < -0.39 is 29.7 Å². The molecule has 3 atom stereocenters. The first-order valence-electron chi connectivity index (χ1n) is 15.5. The van der Waals surface area contributed by atoms with E-state index >= 15 is 4.39 Å². The van der Waals surface area contributed by atoms with Crippen LogP contribution in [0.25, 0.3) is 0 Å². The van der Waals surface area contributed by atoms with Crippen LogP contribution in [0, 0.1) is 11.7 Å². The van der Waals surface area contributed by atoms with Gasteiger partial charge in [-0.2, -0.15) is 0 Å². The van der Waals surface area contributed by atoms with Crippen LogP contribution >= 0.6 is 0 Å². The molecule has 5 rings (SSSR count). The molecular formula is C35H41FN2O7. The van der Waals surface area contributed by atoms with E-state index in [1.165, 1.54) is 6.07 Å². The van der Waals surface area contributed by atoms with Crippen LogP contribution in [0.3, 0.4) is 0 Å². The third-order valence-electron chi connectivity index (χ3n) is 8.40. The Bertz CT molecular complexity index is 1490. The van der Waals surface area contributed by atoms with Crippen molar-refractivity contribution in [1.82, 2.24) is 4.90 Å². The molecule has 10 heteroatoms. The number of likely N-dealkylation sites (tertiary alicyclic amines) is 1. The van der Waals surface area contributed by atoms with E-state index in [4.69, 9.17) is 18.9 Å². The summed E-state index contributed by atoms with van der Waals surface area (Å²) in [6, 6.07) is 15.5. The number of fused-ring (bicyclic) bond motifs is 1. The number of amides is 1. The molecule has 240 valence electrons. The number of rotatable bonds is 13. The summed E-state index contributed by atoms with van der Waals surface area (Å²) < 4.78 is 37.0. The molecule has 1 amide bonds. The van der Waals surface area contributed by atoms with Crippen molar-refractivity contribution < 1.29 is 38.0 Å². The summed E-state index contributed by atoms with van der Waals surface area (Å²) in [6.07, 6.45) is 1.61. The lowest BCUT2D eigenvalue weighted by Crippen LogP contribution is -2.35. The van der Waals surface area contributed by atoms with Crippen molar-refractivity contribution in [2.75, 3.05) is 38.4 Å². The van der Waals surface area contributed by atoms with Gasteiger partial charge in [0, 0.05) is 24.2 Å². The summed E-state index contributed by atoms with van der Waals surface area (Å²) >= 11 is 0. The zero-order valence-corrected chi connectivity index (χ0v) is 26.2. The molecule has 2 aliphatic rings. The molecule has 45 heavy (non-hydrogen) atoms. The number of carboxylic acids is 1. The SMILES string of the molecule is CCc1cccc(CC)c1NC(=O)CN1C[C@H](c2cc(F)c3c(c2)OCO3)C(C(=O)O)[C@@H]1c1ccc(OCCOC(C)C)cc1. The highest BCUT2D eigenvalue weighted by Gasteiger charge is 2.48. The Morgan fingerprint density at radius 1 is 1.02 bits per heavy atom. The van der Waals surface area contributed by atoms with Gasteiger partial charge in [0.2, 0.25) is 18.4 Å². The van der Waals surface area contributed by atoms with Gasteiger partial charge in [0.05, 0.1) is 25.2 Å². The summed E-state index contributed by atoms with van der Waals surface area (Å²) in [5.41, 5.74) is 4.06. The lowest BCUT2D eigenvalue weighted by atomic mass is 9.82. The number of hydrogen-bond donors (Lipinski definition) is 2. The zero-order valence-electron chi connectivity index (χ0n) is 26.2. The smallest absolute Gasteiger partial charge is 0.309 e. The lowest BCUT2D eigenvalue weighted by Gasteiger charge is -2.27. The van der Waals surface area contributed by atoms with Crippen molar-refractivity contribution in [2.45, 2.75) is 58.6 Å². The summed E-state index contributed by atoms with van der Waals surface area (Å²) in [7, 11) is 0. The lowest BCUT2D eigenvalue weighted by molar-refractivity contribution is -0.143. The second kappa shape index (κ2) is 14.3. The molecule has 1 saturated heterocycles. The fourth-order valence-corrected chi connectivity index (χ4v) is 6.30. The van der Waals surface area contributed by atoms with Crippen LogP contribution in [-0.4, -0.2) is 61.1 Å². The predicted octanol–water partition coefficient (Wildman–Crippen LogP) is 5.96. The van der Waals surface area contributed by atoms with Crippen LogP contribution in [0.2, 0.25) is 0 Å². The van der Waals surface area contributed by atoms with Gasteiger partial charge in [0.25, 0.3) is 0 Å². The average Bonchev–Trinajstić information content (AvgIpc) is 3.65. The Morgan fingerprint density at radius 2 is 1.73 bits per heavy atom. The number of carboxylic acid groups (broad SMARTS) is 1. The Kier molecular flexibility index (Phi) is 10.2. The van der Waals surface area contributed by atoms with E-state index in [2.05, 4.69) is 5.32 Å². The van der Waals surface area contributed by atoms with E-state index in [9.17, 15) is 14.7 Å². The first-order chi connectivity index (χ1) is 21.7. The predicted molar refractivity (Wildman–Crippen MR) is 168 cm³/mol. The van der Waals surface area contributed by atoms with Crippen molar-refractivity contribution in [3.8, 4) is 17.2 Å². The van der Waals surface area contributed by atoms with Gasteiger partial charge in [-0.25, -0.2) is 4.39 Å². The normalized spacial score (nSPS) is 19.2. The molecule has 3 aromatic carbocycles. The summed E-state index contributed by atoms with van der Waals surface area (Å²) in [4.78, 5) is 28.5. The largest absolute Gasteiger partial charge is 0.491 e. The highest BCUT2D eigenvalue weighted by Crippen LogP contribution is 2.48. The van der Waals surface area contributed by atoms with Crippen LogP contribution in [0.5, 0.6) is 17.2 Å². The molecule has 0 aliphatic carbocycles. The number of aryl methyl sites for hydroxylation is 2. The van der Waals surface area contributed by atoms with E-state index in [1.54, 1.807) is 18.2 Å². The number of ether oxygens (including phenoxy) is 4. The standard InChI is InChI=1S/C35H41FN2O7/c1-5-22-8-7-9-23(6-2)32(22)37-30(39)19-38-18-27(25-16-28(36)34-29(17-25)44-20-45-34)31(35(40)41)33(38)24-10-12-26(13-11-24)43-15-14-42-21(3)4/h7-13,16-17,21,27,31,33H,5-6,14-15,18-20H2,1-4H3,(H,37,39)(H,40,41)/t27-,31?,33+/m1/s1. The Labute approximate surface area is 263 Å². The van der Waals surface area contributed by atoms with Gasteiger partial charge in [-0.15, -0.1) is 0 Å². The van der Waals surface area contributed by atoms with Gasteiger partial charge in [0.1, 0.15) is 12.4 Å². The minimum Gasteiger partial charge on any atom is -0.491 e. The van der Waals surface area contributed by atoms with E-state index in [0.717, 1.165) is 29.7 Å². The molecule has 1 fully saturated rings. The molecule has 1 unspecified atom stereocenters. The monoisotopic (exact) mass is 620 g/mol. The minimum absolute atomic E-state index is 0.0205. The first-order valence-corrected chi connectivity index (χ1v) is 15.5. The summed E-state index contributed by atoms with van der Waals surface area (Å²) in [6.45, 7) is 8.88. The van der Waals surface area contributed by atoms with Crippen LogP contribution in [0.15, 0.2) is 54.6 Å². The number of hydrogen-bond acceptors (Lipinski definition) is 7. The maximum Gasteiger partial charge on any atom is 0.309 e. The molecule has 2 aliphatic heterocycles. The third-order valence-corrected chi connectivity index (χ3v) is 8.40. The van der Waals surface area contributed by atoms with Gasteiger partial charge < -0.3 is 29.4 Å². The van der Waals surface area contributed by atoms with Crippen LogP contribution in [0.1, 0.15) is 61.9 Å². The fourth-order valence-electron chi connectivity index (χ4n) is 6.30. The second-order valence-electron chi connectivity index (χ2n) is 11.6. The highest BCUT2D eigenvalue weighted by molar-refractivity contribution is 5.94. The molecule has 3 aromatic rings. The molecule has 9 nitrogen and oxygen atoms in total. The average molecular weight is 621 g/mol. The van der Waals surface area contributed by atoms with Crippen molar-refractivity contribution in [1.29, 1.82) is 0 Å². The van der Waals surface area contributed by atoms with Gasteiger partial charge >= 0.3 is 5.97 Å². The number of nitrogens with zero attached hydrogens (tertiary/aromatic N) is 1. The van der Waals surface area contributed by atoms with Crippen molar-refractivity contribution in [2.24, 2.45) is 5.92 Å². The van der Waals surface area contributed by atoms with Crippen LogP contribution in [0.4, 0.5) is 10.1 Å². The first kappa shape index (κ1) is 32.2. The second-order valence-corrected chi connectivity index (χ2v) is 11.6. The maximum atomic E-state index is 15.0. The van der Waals surface area contributed by atoms with Crippen molar-refractivity contribution in [3.63, 3.8) is 0 Å². The Hall–Kier alpha value is -4.15. The van der Waals surface area contributed by atoms with E-state index in [1.807, 2.05) is 62.9 Å². The van der Waals surface area contributed by atoms with Gasteiger partial charge in [-0.1, -0.05) is 44.2 Å². The fraction of sp³-hybridized carbons (Fsp3) is 0.429. The molecule has 0 radical (unpaired) electrons. The number of benzene rings is 3. The number of carbonyl (C=O) groups is 2. The maximum absolute atomic E-state index is 15.0. The quantitative estimate of drug-likeness (QED) is 0.226. The van der Waals surface area contributed by atoms with Crippen molar-refractivity contribution >= 4 is 17.6 Å². The summed E-state index contributed by atoms with van der Waals surface area (Å²) in [5.74, 6) is -2.61. The molecule has 0 bridgehead atoms. The number of nitrogens with one attached hydrogen (secondary N) is 1. The Morgan fingerprint density at radius 3 is 2.38 bits per heavy atom. The molecule has 0 spiro atoms. The van der Waals surface area contributed by atoms with Crippen LogP contribution in [-0.2, 0) is 27.2 Å². The van der Waals surface area contributed by atoms with E-state index in [-0.39, 0.29) is 43.4 Å². The molecule has 0 saturated carbocycles. The molecule has 0 aromatic heterocycles. The zero-order chi connectivity index (χ0) is 32.1. The minimum atomic E-state index is -1.04. The van der Waals surface area contributed by atoms with Gasteiger partial charge in [-0.3, -0.25) is 14.5 Å². The topological polar surface area (TPSA) is 107 Å². The van der Waals surface area contributed by atoms with Gasteiger partial charge in [0.15, 0.2) is 11.6 Å². The third kappa shape index (κ3) is 7.23. The number of para-hydroxylation sites is 1. The number of aliphatic carboxylic acids is 1. The highest BCUT2D eigenvalue weighted by atomic mass is 19.1.